The van der Waals surface area contributed by atoms with Crippen LogP contribution in [0.25, 0.3) is 11.2 Å². The molecule has 2 rings (SSSR count). The number of imidazole rings is 1. The molecule has 0 spiro atoms. The number of aromatic nitrogens is 4. The van der Waals surface area contributed by atoms with Crippen LogP contribution in [0, 0.1) is 0 Å². The van der Waals surface area contributed by atoms with E-state index in [1.165, 1.54) is 9.13 Å². The lowest BCUT2D eigenvalue weighted by atomic mass is 10.3. The minimum Gasteiger partial charge on any atom is -0.475 e. The van der Waals surface area contributed by atoms with Gasteiger partial charge in [0.2, 0.25) is 5.82 Å². The molecule has 0 aromatic carbocycles. The van der Waals surface area contributed by atoms with Gasteiger partial charge in [-0.3, -0.25) is 13.9 Å². The van der Waals surface area contributed by atoms with E-state index in [0.717, 1.165) is 4.57 Å². The number of carbonyl (C=O) groups is 1. The van der Waals surface area contributed by atoms with Gasteiger partial charge in [0, 0.05) is 19.1 Å². The van der Waals surface area contributed by atoms with Gasteiger partial charge in [-0.2, -0.15) is 0 Å². The summed E-state index contributed by atoms with van der Waals surface area (Å²) in [5.41, 5.74) is -0.687. The molecular weight excluding hydrogens is 276 g/mol. The molecule has 8 heteroatoms. The van der Waals surface area contributed by atoms with E-state index in [-0.39, 0.29) is 36.1 Å². The second-order valence-electron chi connectivity index (χ2n) is 4.95. The van der Waals surface area contributed by atoms with E-state index >= 15 is 0 Å². The molecule has 0 bridgehead atoms. The Balaban J connectivity index is 3.14. The number of carboxylic acids is 1. The summed E-state index contributed by atoms with van der Waals surface area (Å²) < 4.78 is 3.80. The maximum absolute atomic E-state index is 12.5. The van der Waals surface area contributed by atoms with Crippen molar-refractivity contribution in [3.63, 3.8) is 0 Å². The standard InChI is InChI=1S/C13H18N4O4/c1-5-15-8-9(14-10(15)12(19)20)17(7(3)4)13(21)16(6-2)11(8)18/h7H,5-6H2,1-4H3,(H,19,20). The minimum atomic E-state index is -1.22. The number of hydrogen-bond donors (Lipinski definition) is 1. The van der Waals surface area contributed by atoms with E-state index in [1.54, 1.807) is 27.7 Å². The minimum absolute atomic E-state index is 0.129. The third-order valence-electron chi connectivity index (χ3n) is 3.40. The summed E-state index contributed by atoms with van der Waals surface area (Å²) in [5, 5.41) is 9.23. The molecule has 0 unspecified atom stereocenters. The van der Waals surface area contributed by atoms with Crippen LogP contribution in [0.5, 0.6) is 0 Å². The van der Waals surface area contributed by atoms with Crippen molar-refractivity contribution >= 4 is 17.1 Å². The second kappa shape index (κ2) is 5.19. The van der Waals surface area contributed by atoms with Crippen molar-refractivity contribution < 1.29 is 9.90 Å². The van der Waals surface area contributed by atoms with Crippen molar-refractivity contribution in [3.05, 3.63) is 26.7 Å². The first-order valence-electron chi connectivity index (χ1n) is 6.83. The Morgan fingerprint density at radius 3 is 2.19 bits per heavy atom. The molecule has 1 N–H and O–H groups in total. The van der Waals surface area contributed by atoms with Gasteiger partial charge in [0.05, 0.1) is 0 Å². The zero-order chi connectivity index (χ0) is 15.9. The van der Waals surface area contributed by atoms with Crippen LogP contribution in [0.1, 0.15) is 44.4 Å². The van der Waals surface area contributed by atoms with Gasteiger partial charge in [0.1, 0.15) is 0 Å². The van der Waals surface area contributed by atoms with E-state index < -0.39 is 17.2 Å². The van der Waals surface area contributed by atoms with Crippen LogP contribution in [-0.4, -0.2) is 29.8 Å². The molecule has 2 heterocycles. The monoisotopic (exact) mass is 294 g/mol. The molecule has 0 aliphatic heterocycles. The summed E-state index contributed by atoms with van der Waals surface area (Å²) >= 11 is 0. The normalized spacial score (nSPS) is 11.5. The highest BCUT2D eigenvalue weighted by Crippen LogP contribution is 2.15. The third-order valence-corrected chi connectivity index (χ3v) is 3.40. The molecule has 114 valence electrons. The molecule has 0 radical (unpaired) electrons. The highest BCUT2D eigenvalue weighted by Gasteiger charge is 2.24. The van der Waals surface area contributed by atoms with Crippen LogP contribution in [0.3, 0.4) is 0 Å². The lowest BCUT2D eigenvalue weighted by Gasteiger charge is -2.13. The second-order valence-corrected chi connectivity index (χ2v) is 4.95. The van der Waals surface area contributed by atoms with Crippen LogP contribution in [0.15, 0.2) is 9.59 Å². The van der Waals surface area contributed by atoms with Crippen molar-refractivity contribution in [2.45, 2.75) is 46.8 Å². The molecule has 0 aliphatic carbocycles. The Morgan fingerprint density at radius 1 is 1.19 bits per heavy atom. The van der Waals surface area contributed by atoms with Gasteiger partial charge in [0.25, 0.3) is 5.56 Å². The maximum Gasteiger partial charge on any atom is 0.372 e. The highest BCUT2D eigenvalue weighted by molar-refractivity contribution is 5.88. The van der Waals surface area contributed by atoms with Crippen LogP contribution >= 0.6 is 0 Å². The SMILES string of the molecule is CCn1c(=O)c2c(nc(C(=O)O)n2CC)n(C(C)C)c1=O. The van der Waals surface area contributed by atoms with Gasteiger partial charge < -0.3 is 9.67 Å². The van der Waals surface area contributed by atoms with Gasteiger partial charge in [-0.25, -0.2) is 14.6 Å². The Kier molecular flexibility index (Phi) is 3.71. The molecular formula is C13H18N4O4. The lowest BCUT2D eigenvalue weighted by Crippen LogP contribution is -2.40. The molecule has 21 heavy (non-hydrogen) atoms. The zero-order valence-corrected chi connectivity index (χ0v) is 12.5. The highest BCUT2D eigenvalue weighted by atomic mass is 16.4. The van der Waals surface area contributed by atoms with Crippen molar-refractivity contribution in [3.8, 4) is 0 Å². The molecule has 2 aromatic heterocycles. The first-order valence-corrected chi connectivity index (χ1v) is 6.83. The summed E-state index contributed by atoms with van der Waals surface area (Å²) in [4.78, 5) is 40.2. The Hall–Kier alpha value is -2.38. The topological polar surface area (TPSA) is 99.1 Å². The molecule has 0 amide bonds. The molecule has 0 saturated heterocycles. The van der Waals surface area contributed by atoms with E-state index in [9.17, 15) is 19.5 Å². The van der Waals surface area contributed by atoms with E-state index in [4.69, 9.17) is 0 Å². The fourth-order valence-corrected chi connectivity index (χ4v) is 2.47. The lowest BCUT2D eigenvalue weighted by molar-refractivity contribution is 0.0679. The average Bonchev–Trinajstić information content (AvgIpc) is 2.78. The van der Waals surface area contributed by atoms with Crippen molar-refractivity contribution in [2.75, 3.05) is 0 Å². The number of hydrogen-bond acceptors (Lipinski definition) is 4. The first kappa shape index (κ1) is 15.0. The number of fused-ring (bicyclic) bond motifs is 1. The van der Waals surface area contributed by atoms with E-state index in [2.05, 4.69) is 4.98 Å². The number of carboxylic acid groups (broad SMARTS) is 1. The van der Waals surface area contributed by atoms with Gasteiger partial charge in [-0.05, 0) is 27.7 Å². The summed E-state index contributed by atoms with van der Waals surface area (Å²) in [6.45, 7) is 7.51. The van der Waals surface area contributed by atoms with Gasteiger partial charge in [-0.15, -0.1) is 0 Å². The fraction of sp³-hybridized carbons (Fsp3) is 0.538. The maximum atomic E-state index is 12.5. The Morgan fingerprint density at radius 2 is 1.76 bits per heavy atom. The van der Waals surface area contributed by atoms with Crippen molar-refractivity contribution in [1.82, 2.24) is 18.7 Å². The number of aryl methyl sites for hydroxylation is 1. The van der Waals surface area contributed by atoms with E-state index in [1.807, 2.05) is 0 Å². The Labute approximate surface area is 120 Å². The molecule has 8 nitrogen and oxygen atoms in total. The smallest absolute Gasteiger partial charge is 0.372 e. The van der Waals surface area contributed by atoms with Crippen LogP contribution < -0.4 is 11.2 Å². The predicted octanol–water partition coefficient (Wildman–Crippen LogP) is 0.679. The Bertz CT molecular complexity index is 825. The van der Waals surface area contributed by atoms with Gasteiger partial charge in [0.15, 0.2) is 11.2 Å². The third kappa shape index (κ3) is 2.07. The van der Waals surface area contributed by atoms with Crippen LogP contribution in [0.2, 0.25) is 0 Å². The zero-order valence-electron chi connectivity index (χ0n) is 12.5. The number of aromatic carboxylic acids is 1. The predicted molar refractivity (Wildman–Crippen MR) is 76.9 cm³/mol. The summed E-state index contributed by atoms with van der Waals surface area (Å²) in [5.74, 6) is -1.45. The average molecular weight is 294 g/mol. The molecule has 2 aromatic rings. The summed E-state index contributed by atoms with van der Waals surface area (Å²) in [7, 11) is 0. The quantitative estimate of drug-likeness (QED) is 0.894. The molecule has 0 atom stereocenters. The molecule has 0 saturated carbocycles. The summed E-state index contributed by atoms with van der Waals surface area (Å²) in [6.07, 6.45) is 0. The van der Waals surface area contributed by atoms with Crippen LogP contribution in [0.4, 0.5) is 0 Å². The number of nitrogens with zero attached hydrogens (tertiary/aromatic N) is 4. The summed E-state index contributed by atoms with van der Waals surface area (Å²) in [6, 6.07) is -0.236. The van der Waals surface area contributed by atoms with Crippen molar-refractivity contribution in [1.29, 1.82) is 0 Å². The largest absolute Gasteiger partial charge is 0.475 e. The molecule has 0 fully saturated rings. The number of rotatable bonds is 4. The van der Waals surface area contributed by atoms with Gasteiger partial charge in [-0.1, -0.05) is 0 Å². The van der Waals surface area contributed by atoms with E-state index in [0.29, 0.717) is 0 Å². The fourth-order valence-electron chi connectivity index (χ4n) is 2.47. The molecule has 0 aliphatic rings. The van der Waals surface area contributed by atoms with Gasteiger partial charge >= 0.3 is 11.7 Å². The van der Waals surface area contributed by atoms with Crippen molar-refractivity contribution in [2.24, 2.45) is 0 Å². The van der Waals surface area contributed by atoms with Crippen LogP contribution in [-0.2, 0) is 13.1 Å². The first-order chi connectivity index (χ1) is 9.84.